The number of hydrogen-bond acceptors (Lipinski definition) is 6. The fraction of sp³-hybridized carbons (Fsp3) is 0.200. The number of H-pyrrole nitrogens is 1. The lowest BCUT2D eigenvalue weighted by atomic mass is 9.93. The number of ether oxygens (including phenoxy) is 1. The van der Waals surface area contributed by atoms with E-state index in [4.69, 9.17) is 15.6 Å². The number of rotatable bonds is 5. The minimum atomic E-state index is -0.390. The number of carbonyl (C=O) groups is 1. The Balaban J connectivity index is 1.53. The van der Waals surface area contributed by atoms with Crippen LogP contribution >= 0.6 is 0 Å². The second-order valence-electron chi connectivity index (χ2n) is 8.34. The van der Waals surface area contributed by atoms with Gasteiger partial charge < -0.3 is 15.4 Å². The number of nitrogen functional groups attached to an aromatic ring is 1. The highest BCUT2D eigenvalue weighted by molar-refractivity contribution is 5.91. The Bertz CT molecular complexity index is 1460. The van der Waals surface area contributed by atoms with Crippen LogP contribution in [-0.4, -0.2) is 43.9 Å². The number of likely N-dealkylation sites (tertiary alicyclic amines) is 1. The van der Waals surface area contributed by atoms with Gasteiger partial charge in [0.1, 0.15) is 22.8 Å². The number of hydrogen-bond donors (Lipinski definition) is 2. The van der Waals surface area contributed by atoms with E-state index < -0.39 is 0 Å². The minimum Gasteiger partial charge on any atom is -0.457 e. The zero-order chi connectivity index (χ0) is 24.5. The molecule has 1 saturated heterocycles. The number of piperidine rings is 1. The van der Waals surface area contributed by atoms with Crippen molar-refractivity contribution >= 4 is 22.6 Å². The van der Waals surface area contributed by atoms with Crippen molar-refractivity contribution in [2.75, 3.05) is 18.8 Å². The molecule has 0 spiro atoms. The number of nitrogens with two attached hydrogens (primary N) is 1. The van der Waals surface area contributed by atoms with Crippen LogP contribution in [0, 0.1) is 5.82 Å². The number of amides is 1. The molecule has 0 radical (unpaired) electrons. The van der Waals surface area contributed by atoms with Gasteiger partial charge in [-0.15, -0.1) is 0 Å². The van der Waals surface area contributed by atoms with E-state index in [1.807, 2.05) is 0 Å². The lowest BCUT2D eigenvalue weighted by Crippen LogP contribution is -2.38. The van der Waals surface area contributed by atoms with Gasteiger partial charge in [0.05, 0.1) is 16.8 Å². The average Bonchev–Trinajstić information content (AvgIpc) is 3.30. The number of aromatic nitrogens is 4. The Morgan fingerprint density at radius 2 is 1.86 bits per heavy atom. The van der Waals surface area contributed by atoms with E-state index in [0.717, 1.165) is 12.8 Å². The third-order valence-corrected chi connectivity index (χ3v) is 6.09. The van der Waals surface area contributed by atoms with Crippen molar-refractivity contribution in [2.24, 2.45) is 0 Å². The van der Waals surface area contributed by atoms with E-state index in [-0.39, 0.29) is 29.0 Å². The normalized spacial score (nSPS) is 15.8. The molecular formula is C25H23FN6O3. The van der Waals surface area contributed by atoms with Crippen LogP contribution < -0.4 is 16.0 Å². The van der Waals surface area contributed by atoms with Gasteiger partial charge in [0.2, 0.25) is 5.91 Å². The first kappa shape index (κ1) is 22.3. The molecule has 1 aliphatic heterocycles. The monoisotopic (exact) mass is 474 g/mol. The molecule has 1 fully saturated rings. The third kappa shape index (κ3) is 4.25. The molecular weight excluding hydrogens is 451 g/mol. The van der Waals surface area contributed by atoms with Crippen molar-refractivity contribution in [3.63, 3.8) is 0 Å². The summed E-state index contributed by atoms with van der Waals surface area (Å²) < 4.78 is 20.5. The molecule has 1 aliphatic rings. The Labute approximate surface area is 199 Å². The molecule has 4 aromatic rings. The topological polar surface area (TPSA) is 119 Å². The predicted molar refractivity (Wildman–Crippen MR) is 129 cm³/mol. The quantitative estimate of drug-likeness (QED) is 0.427. The number of nitrogens with one attached hydrogen (secondary N) is 1. The van der Waals surface area contributed by atoms with E-state index >= 15 is 0 Å². The van der Waals surface area contributed by atoms with Gasteiger partial charge in [-0.25, -0.2) is 14.2 Å². The second-order valence-corrected chi connectivity index (χ2v) is 8.34. The maximum atomic E-state index is 13.1. The number of anilines is 1. The first-order chi connectivity index (χ1) is 16.9. The summed E-state index contributed by atoms with van der Waals surface area (Å²) in [5, 5.41) is 11.5. The number of nitrogens with zero attached hydrogens (tertiary/aromatic N) is 4. The predicted octanol–water partition coefficient (Wildman–Crippen LogP) is 3.51. The Morgan fingerprint density at radius 3 is 2.54 bits per heavy atom. The van der Waals surface area contributed by atoms with Crippen LogP contribution in [0.4, 0.5) is 10.2 Å². The molecule has 1 atom stereocenters. The van der Waals surface area contributed by atoms with Crippen LogP contribution in [-0.2, 0) is 4.79 Å². The summed E-state index contributed by atoms with van der Waals surface area (Å²) in [5.41, 5.74) is 7.42. The van der Waals surface area contributed by atoms with Crippen LogP contribution in [0.5, 0.6) is 11.5 Å². The molecule has 178 valence electrons. The molecule has 0 aliphatic carbocycles. The number of benzene rings is 2. The van der Waals surface area contributed by atoms with Gasteiger partial charge in [-0.2, -0.15) is 10.2 Å². The summed E-state index contributed by atoms with van der Waals surface area (Å²) in [5.74, 6) is 0.560. The number of fused-ring (bicyclic) bond motifs is 1. The number of halogens is 1. The maximum Gasteiger partial charge on any atom is 0.275 e. The van der Waals surface area contributed by atoms with E-state index in [2.05, 4.69) is 16.8 Å². The molecule has 35 heavy (non-hydrogen) atoms. The summed E-state index contributed by atoms with van der Waals surface area (Å²) >= 11 is 0. The van der Waals surface area contributed by atoms with Crippen molar-refractivity contribution in [2.45, 2.75) is 18.8 Å². The Morgan fingerprint density at radius 1 is 1.17 bits per heavy atom. The molecule has 0 unspecified atom stereocenters. The maximum absolute atomic E-state index is 13.1. The van der Waals surface area contributed by atoms with Crippen LogP contribution in [0.25, 0.3) is 16.6 Å². The van der Waals surface area contributed by atoms with E-state index in [1.165, 1.54) is 18.2 Å². The summed E-state index contributed by atoms with van der Waals surface area (Å²) in [6, 6.07) is 12.8. The van der Waals surface area contributed by atoms with Crippen LogP contribution in [0.2, 0.25) is 0 Å². The zero-order valence-electron chi connectivity index (χ0n) is 18.8. The molecule has 2 aromatic carbocycles. The van der Waals surface area contributed by atoms with Gasteiger partial charge in [0.25, 0.3) is 5.56 Å². The first-order valence-corrected chi connectivity index (χ1v) is 11.2. The summed E-state index contributed by atoms with van der Waals surface area (Å²) in [6.45, 7) is 4.64. The fourth-order valence-corrected chi connectivity index (χ4v) is 4.41. The largest absolute Gasteiger partial charge is 0.457 e. The van der Waals surface area contributed by atoms with E-state index in [9.17, 15) is 14.0 Å². The average molecular weight is 474 g/mol. The molecule has 3 N–H and O–H groups in total. The highest BCUT2D eigenvalue weighted by atomic mass is 19.1. The van der Waals surface area contributed by atoms with E-state index in [1.54, 1.807) is 46.0 Å². The summed E-state index contributed by atoms with van der Waals surface area (Å²) in [4.78, 5) is 26.7. The van der Waals surface area contributed by atoms with Gasteiger partial charge in [-0.1, -0.05) is 6.58 Å². The third-order valence-electron chi connectivity index (χ3n) is 6.09. The van der Waals surface area contributed by atoms with Crippen LogP contribution in [0.3, 0.4) is 0 Å². The molecule has 2 aromatic heterocycles. The van der Waals surface area contributed by atoms with Crippen molar-refractivity contribution in [1.29, 1.82) is 0 Å². The van der Waals surface area contributed by atoms with Crippen molar-refractivity contribution < 1.29 is 13.9 Å². The first-order valence-electron chi connectivity index (χ1n) is 11.2. The molecule has 0 saturated carbocycles. The minimum absolute atomic E-state index is 0.139. The molecule has 5 rings (SSSR count). The van der Waals surface area contributed by atoms with Crippen molar-refractivity contribution in [1.82, 2.24) is 24.9 Å². The van der Waals surface area contributed by atoms with Gasteiger partial charge in [0, 0.05) is 19.0 Å². The van der Waals surface area contributed by atoms with Crippen LogP contribution in [0.15, 0.2) is 66.0 Å². The highest BCUT2D eigenvalue weighted by Gasteiger charge is 2.30. The number of aromatic amines is 1. The molecule has 1 amide bonds. The molecule has 9 nitrogen and oxygen atoms in total. The fourth-order valence-electron chi connectivity index (χ4n) is 4.41. The molecule has 0 bridgehead atoms. The van der Waals surface area contributed by atoms with Gasteiger partial charge in [-0.3, -0.25) is 9.59 Å². The van der Waals surface area contributed by atoms with E-state index in [0.29, 0.717) is 46.9 Å². The zero-order valence-corrected chi connectivity index (χ0v) is 18.8. The van der Waals surface area contributed by atoms with Gasteiger partial charge in [0.15, 0.2) is 5.82 Å². The smallest absolute Gasteiger partial charge is 0.275 e. The highest BCUT2D eigenvalue weighted by Crippen LogP contribution is 2.33. The Kier molecular flexibility index (Phi) is 5.77. The summed E-state index contributed by atoms with van der Waals surface area (Å²) in [6.07, 6.45) is 2.86. The summed E-state index contributed by atoms with van der Waals surface area (Å²) in [7, 11) is 0. The lowest BCUT2D eigenvalue weighted by molar-refractivity contribution is -0.127. The standard InChI is InChI=1S/C25H23FN6O3/c1-2-20(33)31-13-3-4-15(14-31)22-21-23(24(27)28-29-25(21)34)32(30-22)17-7-11-19(12-8-17)35-18-9-5-16(26)6-10-18/h2,5-12,15H,1,3-4,13-14H2,(H2,27,28)(H,29,34)/t15-/m1/s1. The SMILES string of the molecule is C=CC(=O)N1CCC[C@@H](c2nn(-c3ccc(Oc4ccc(F)cc4)cc3)c3c(N)n[nH]c(=O)c23)C1. The van der Waals surface area contributed by atoms with Crippen molar-refractivity contribution in [3.05, 3.63) is 83.1 Å². The second kappa shape index (κ2) is 9.05. The van der Waals surface area contributed by atoms with Gasteiger partial charge >= 0.3 is 0 Å². The molecule has 3 heterocycles. The van der Waals surface area contributed by atoms with Crippen molar-refractivity contribution in [3.8, 4) is 17.2 Å². The van der Waals surface area contributed by atoms with Crippen LogP contribution in [0.1, 0.15) is 24.5 Å². The Hall–Kier alpha value is -4.47. The number of carbonyl (C=O) groups excluding carboxylic acids is 1. The lowest BCUT2D eigenvalue weighted by Gasteiger charge is -2.31. The van der Waals surface area contributed by atoms with Gasteiger partial charge in [-0.05, 0) is 67.4 Å². The molecule has 10 heteroatoms.